The van der Waals surface area contributed by atoms with Gasteiger partial charge >= 0.3 is 0 Å². The monoisotopic (exact) mass is 250 g/mol. The average Bonchev–Trinajstić information content (AvgIpc) is 2.29. The van der Waals surface area contributed by atoms with E-state index in [4.69, 9.17) is 16.3 Å². The van der Waals surface area contributed by atoms with Gasteiger partial charge in [0, 0.05) is 6.92 Å². The van der Waals surface area contributed by atoms with E-state index in [-0.39, 0.29) is 10.8 Å². The van der Waals surface area contributed by atoms with E-state index in [0.717, 1.165) is 16.7 Å². The molecular weight excluding hydrogens is 236 g/mol. The highest BCUT2D eigenvalue weighted by Gasteiger charge is 2.05. The lowest BCUT2D eigenvalue weighted by molar-refractivity contribution is -0.112. The molecule has 0 atom stereocenters. The van der Waals surface area contributed by atoms with Crippen LogP contribution in [-0.2, 0) is 9.53 Å². The number of hydrogen-bond acceptors (Lipinski definition) is 2. The van der Waals surface area contributed by atoms with Gasteiger partial charge in [0.2, 0.25) is 0 Å². The summed E-state index contributed by atoms with van der Waals surface area (Å²) < 4.78 is 4.98. The Morgan fingerprint density at radius 2 is 1.94 bits per heavy atom. The van der Waals surface area contributed by atoms with Gasteiger partial charge in [0.25, 0.3) is 0 Å². The molecule has 90 valence electrons. The number of methoxy groups -OCH3 is 1. The summed E-state index contributed by atoms with van der Waals surface area (Å²) in [5.41, 5.74) is 2.87. The van der Waals surface area contributed by atoms with Crippen molar-refractivity contribution in [2.75, 3.05) is 7.11 Å². The Labute approximate surface area is 107 Å². The van der Waals surface area contributed by atoms with E-state index in [9.17, 15) is 4.79 Å². The number of halogens is 1. The SMILES string of the molecule is CO/C=C(\C)c1ccccc1/C=C(\Cl)C(C)=O. The first-order chi connectivity index (χ1) is 8.06. The van der Waals surface area contributed by atoms with Crippen molar-refractivity contribution >= 4 is 29.0 Å². The van der Waals surface area contributed by atoms with Gasteiger partial charge in [-0.15, -0.1) is 0 Å². The lowest BCUT2D eigenvalue weighted by Gasteiger charge is -2.06. The van der Waals surface area contributed by atoms with Gasteiger partial charge in [-0.1, -0.05) is 35.9 Å². The highest BCUT2D eigenvalue weighted by Crippen LogP contribution is 2.22. The molecule has 0 aromatic heterocycles. The number of allylic oxidation sites excluding steroid dienone is 2. The van der Waals surface area contributed by atoms with E-state index in [1.807, 2.05) is 31.2 Å². The smallest absolute Gasteiger partial charge is 0.171 e. The number of Topliss-reactive ketones (excluding diaryl/α,β-unsaturated/α-hetero) is 1. The second-order valence-corrected chi connectivity index (χ2v) is 4.08. The van der Waals surface area contributed by atoms with Crippen LogP contribution < -0.4 is 0 Å². The van der Waals surface area contributed by atoms with Crippen LogP contribution in [0.15, 0.2) is 35.6 Å². The lowest BCUT2D eigenvalue weighted by atomic mass is 10.0. The van der Waals surface area contributed by atoms with Crippen molar-refractivity contribution in [1.29, 1.82) is 0 Å². The van der Waals surface area contributed by atoms with E-state index in [2.05, 4.69) is 0 Å². The third kappa shape index (κ3) is 3.75. The first-order valence-corrected chi connectivity index (χ1v) is 5.61. The number of rotatable bonds is 4. The maximum absolute atomic E-state index is 11.1. The normalized spacial score (nSPS) is 12.5. The molecule has 0 aliphatic carbocycles. The highest BCUT2D eigenvalue weighted by molar-refractivity contribution is 6.44. The van der Waals surface area contributed by atoms with E-state index >= 15 is 0 Å². The Balaban J connectivity index is 3.22. The predicted octanol–water partition coefficient (Wildman–Crippen LogP) is 3.86. The third-order valence-corrected chi connectivity index (χ3v) is 2.67. The Kier molecular flexibility index (Phi) is 4.98. The van der Waals surface area contributed by atoms with Crippen LogP contribution in [0.3, 0.4) is 0 Å². The summed E-state index contributed by atoms with van der Waals surface area (Å²) >= 11 is 5.86. The summed E-state index contributed by atoms with van der Waals surface area (Å²) in [6, 6.07) is 7.70. The van der Waals surface area contributed by atoms with Gasteiger partial charge in [0.05, 0.1) is 18.4 Å². The summed E-state index contributed by atoms with van der Waals surface area (Å²) in [4.78, 5) is 11.1. The summed E-state index contributed by atoms with van der Waals surface area (Å²) in [5.74, 6) is -0.144. The van der Waals surface area contributed by atoms with Gasteiger partial charge in [-0.2, -0.15) is 0 Å². The molecule has 1 rings (SSSR count). The fourth-order valence-electron chi connectivity index (χ4n) is 1.46. The molecule has 3 heteroatoms. The van der Waals surface area contributed by atoms with Crippen LogP contribution in [0, 0.1) is 0 Å². The minimum absolute atomic E-state index is 0.144. The molecule has 2 nitrogen and oxygen atoms in total. The molecule has 0 fully saturated rings. The van der Waals surface area contributed by atoms with Crippen molar-refractivity contribution in [3.63, 3.8) is 0 Å². The summed E-state index contributed by atoms with van der Waals surface area (Å²) in [6.45, 7) is 3.39. The summed E-state index contributed by atoms with van der Waals surface area (Å²) in [7, 11) is 1.60. The van der Waals surface area contributed by atoms with Crippen LogP contribution in [0.1, 0.15) is 25.0 Å². The summed E-state index contributed by atoms with van der Waals surface area (Å²) in [5, 5.41) is 0.225. The van der Waals surface area contributed by atoms with Gasteiger partial charge in [-0.3, -0.25) is 4.79 Å². The minimum Gasteiger partial charge on any atom is -0.504 e. The molecule has 0 amide bonds. The van der Waals surface area contributed by atoms with Crippen molar-refractivity contribution in [2.45, 2.75) is 13.8 Å². The summed E-state index contributed by atoms with van der Waals surface area (Å²) in [6.07, 6.45) is 3.33. The zero-order chi connectivity index (χ0) is 12.8. The van der Waals surface area contributed by atoms with Crippen LogP contribution in [0.25, 0.3) is 11.6 Å². The lowest BCUT2D eigenvalue weighted by Crippen LogP contribution is -1.91. The average molecular weight is 251 g/mol. The van der Waals surface area contributed by atoms with Crippen molar-refractivity contribution < 1.29 is 9.53 Å². The van der Waals surface area contributed by atoms with Crippen LogP contribution in [0.5, 0.6) is 0 Å². The Morgan fingerprint density at radius 1 is 1.29 bits per heavy atom. The molecule has 1 aromatic rings. The Hall–Kier alpha value is -1.54. The van der Waals surface area contributed by atoms with Crippen molar-refractivity contribution in [3.8, 4) is 0 Å². The molecule has 0 aliphatic heterocycles. The van der Waals surface area contributed by atoms with Crippen LogP contribution in [-0.4, -0.2) is 12.9 Å². The van der Waals surface area contributed by atoms with Crippen molar-refractivity contribution in [3.05, 3.63) is 46.7 Å². The number of carbonyl (C=O) groups excluding carboxylic acids is 1. The Bertz CT molecular complexity index is 473. The quantitative estimate of drug-likeness (QED) is 0.599. The minimum atomic E-state index is -0.144. The van der Waals surface area contributed by atoms with E-state index < -0.39 is 0 Å². The molecule has 0 aliphatic rings. The molecule has 0 spiro atoms. The fraction of sp³-hybridized carbons (Fsp3) is 0.214. The maximum atomic E-state index is 11.1. The molecular formula is C14H15ClO2. The van der Waals surface area contributed by atoms with Gasteiger partial charge < -0.3 is 4.74 Å². The number of carbonyl (C=O) groups is 1. The van der Waals surface area contributed by atoms with Crippen LogP contribution in [0.2, 0.25) is 0 Å². The topological polar surface area (TPSA) is 26.3 Å². The predicted molar refractivity (Wildman–Crippen MR) is 71.6 cm³/mol. The van der Waals surface area contributed by atoms with Gasteiger partial charge in [-0.05, 0) is 29.7 Å². The van der Waals surface area contributed by atoms with E-state index in [0.29, 0.717) is 0 Å². The third-order valence-electron chi connectivity index (χ3n) is 2.30. The molecule has 0 heterocycles. The maximum Gasteiger partial charge on any atom is 0.171 e. The largest absolute Gasteiger partial charge is 0.504 e. The number of hydrogen-bond donors (Lipinski definition) is 0. The second kappa shape index (κ2) is 6.26. The number of ketones is 1. The van der Waals surface area contributed by atoms with E-state index in [1.165, 1.54) is 6.92 Å². The Morgan fingerprint density at radius 3 is 2.53 bits per heavy atom. The van der Waals surface area contributed by atoms with Crippen molar-refractivity contribution in [1.82, 2.24) is 0 Å². The molecule has 17 heavy (non-hydrogen) atoms. The van der Waals surface area contributed by atoms with Gasteiger partial charge in [-0.25, -0.2) is 0 Å². The molecule has 1 aromatic carbocycles. The molecule has 0 bridgehead atoms. The molecule has 0 N–H and O–H groups in total. The molecule has 0 saturated heterocycles. The van der Waals surface area contributed by atoms with Crippen LogP contribution >= 0.6 is 11.6 Å². The molecule has 0 saturated carbocycles. The van der Waals surface area contributed by atoms with E-state index in [1.54, 1.807) is 19.4 Å². The number of ether oxygens (including phenoxy) is 1. The molecule has 0 radical (unpaired) electrons. The van der Waals surface area contributed by atoms with Crippen LogP contribution in [0.4, 0.5) is 0 Å². The van der Waals surface area contributed by atoms with Gasteiger partial charge in [0.1, 0.15) is 0 Å². The number of benzene rings is 1. The zero-order valence-corrected chi connectivity index (χ0v) is 10.9. The highest BCUT2D eigenvalue weighted by atomic mass is 35.5. The van der Waals surface area contributed by atoms with Gasteiger partial charge in [0.15, 0.2) is 5.78 Å². The standard InChI is InChI=1S/C14H15ClO2/c1-10(9-17-3)13-7-5-4-6-12(13)8-14(15)11(2)16/h4-9H,1-3H3/b10-9+,14-8-. The first-order valence-electron chi connectivity index (χ1n) is 5.23. The second-order valence-electron chi connectivity index (χ2n) is 3.67. The molecule has 0 unspecified atom stereocenters. The van der Waals surface area contributed by atoms with Crippen molar-refractivity contribution in [2.24, 2.45) is 0 Å². The fourth-order valence-corrected chi connectivity index (χ4v) is 1.58. The zero-order valence-electron chi connectivity index (χ0n) is 10.2. The first kappa shape index (κ1) is 13.5.